The first-order valence-corrected chi connectivity index (χ1v) is 5.26. The molecule has 0 aliphatic heterocycles. The van der Waals surface area contributed by atoms with Gasteiger partial charge in [-0.3, -0.25) is 0 Å². The van der Waals surface area contributed by atoms with Crippen LogP contribution in [0.3, 0.4) is 0 Å². The lowest BCUT2D eigenvalue weighted by Gasteiger charge is -2.01. The van der Waals surface area contributed by atoms with Crippen LogP contribution in [0, 0.1) is 0 Å². The highest BCUT2D eigenvalue weighted by Crippen LogP contribution is 2.06. The fraction of sp³-hybridized carbons (Fsp3) is 0.333. The summed E-state index contributed by atoms with van der Waals surface area (Å²) in [6.45, 7) is 5.22. The summed E-state index contributed by atoms with van der Waals surface area (Å²) < 4.78 is 0. The summed E-state index contributed by atoms with van der Waals surface area (Å²) in [7, 11) is 0. The molecular formula is C9H13N3S. The Morgan fingerprint density at radius 1 is 1.54 bits per heavy atom. The van der Waals surface area contributed by atoms with E-state index in [1.54, 1.807) is 11.8 Å². The van der Waals surface area contributed by atoms with Crippen molar-refractivity contribution in [2.75, 3.05) is 12.8 Å². The van der Waals surface area contributed by atoms with E-state index in [0.29, 0.717) is 0 Å². The lowest BCUT2D eigenvalue weighted by Crippen LogP contribution is -2.12. The van der Waals surface area contributed by atoms with Crippen LogP contribution in [0.15, 0.2) is 30.2 Å². The van der Waals surface area contributed by atoms with Crippen LogP contribution in [0.5, 0.6) is 0 Å². The molecule has 3 nitrogen and oxygen atoms in total. The maximum absolute atomic E-state index is 4.16. The summed E-state index contributed by atoms with van der Waals surface area (Å²) in [6, 6.07) is 0. The van der Waals surface area contributed by atoms with E-state index in [9.17, 15) is 0 Å². The van der Waals surface area contributed by atoms with Gasteiger partial charge in [0.05, 0.1) is 0 Å². The van der Waals surface area contributed by atoms with Crippen LogP contribution in [-0.2, 0) is 6.54 Å². The van der Waals surface area contributed by atoms with Gasteiger partial charge in [-0.15, -0.1) is 6.58 Å². The Morgan fingerprint density at radius 3 is 2.77 bits per heavy atom. The van der Waals surface area contributed by atoms with Gasteiger partial charge in [0, 0.05) is 31.0 Å². The minimum atomic E-state index is 0.792. The van der Waals surface area contributed by atoms with Gasteiger partial charge in [0.25, 0.3) is 0 Å². The van der Waals surface area contributed by atoms with Gasteiger partial charge in [0.1, 0.15) is 0 Å². The molecule has 0 bridgehead atoms. The standard InChI is InChI=1S/C9H13N3S/c1-3-4-10-5-8-6-11-9(13-2)12-7-8/h3,6-7,10H,1,4-5H2,2H3. The second-order valence-corrected chi connectivity index (χ2v) is 3.27. The highest BCUT2D eigenvalue weighted by Gasteiger charge is 1.94. The van der Waals surface area contributed by atoms with Gasteiger partial charge in [-0.2, -0.15) is 0 Å². The van der Waals surface area contributed by atoms with Crippen LogP contribution in [0.4, 0.5) is 0 Å². The second kappa shape index (κ2) is 5.72. The van der Waals surface area contributed by atoms with Crippen molar-refractivity contribution in [2.24, 2.45) is 0 Å². The molecule has 70 valence electrons. The van der Waals surface area contributed by atoms with Crippen LogP contribution in [0.2, 0.25) is 0 Å². The van der Waals surface area contributed by atoms with E-state index < -0.39 is 0 Å². The van der Waals surface area contributed by atoms with Crippen LogP contribution in [-0.4, -0.2) is 22.8 Å². The number of rotatable bonds is 5. The molecule has 1 N–H and O–H groups in total. The summed E-state index contributed by atoms with van der Waals surface area (Å²) in [5.74, 6) is 0. The van der Waals surface area contributed by atoms with Gasteiger partial charge in [-0.25, -0.2) is 9.97 Å². The highest BCUT2D eigenvalue weighted by atomic mass is 32.2. The molecule has 1 aromatic rings. The van der Waals surface area contributed by atoms with E-state index in [1.165, 1.54) is 0 Å². The van der Waals surface area contributed by atoms with Crippen molar-refractivity contribution in [3.8, 4) is 0 Å². The normalized spacial score (nSPS) is 9.92. The molecule has 1 rings (SSSR count). The Hall–Kier alpha value is -0.870. The molecule has 13 heavy (non-hydrogen) atoms. The number of hydrogen-bond acceptors (Lipinski definition) is 4. The molecule has 0 saturated heterocycles. The molecular weight excluding hydrogens is 182 g/mol. The van der Waals surface area contributed by atoms with E-state index in [1.807, 2.05) is 24.7 Å². The average Bonchev–Trinajstić information content (AvgIpc) is 2.19. The minimum Gasteiger partial charge on any atom is -0.309 e. The largest absolute Gasteiger partial charge is 0.309 e. The predicted octanol–water partition coefficient (Wildman–Crippen LogP) is 1.47. The van der Waals surface area contributed by atoms with Crippen molar-refractivity contribution in [2.45, 2.75) is 11.7 Å². The fourth-order valence-electron chi connectivity index (χ4n) is 0.858. The number of aromatic nitrogens is 2. The molecule has 0 spiro atoms. The fourth-order valence-corrected chi connectivity index (χ4v) is 1.17. The Morgan fingerprint density at radius 2 is 2.23 bits per heavy atom. The Labute approximate surface area is 82.7 Å². The first-order chi connectivity index (χ1) is 6.36. The van der Waals surface area contributed by atoms with E-state index in [4.69, 9.17) is 0 Å². The third kappa shape index (κ3) is 3.57. The topological polar surface area (TPSA) is 37.8 Å². The van der Waals surface area contributed by atoms with Crippen molar-refractivity contribution >= 4 is 11.8 Å². The number of thioether (sulfide) groups is 1. The number of nitrogens with zero attached hydrogens (tertiary/aromatic N) is 2. The maximum atomic E-state index is 4.16. The molecule has 0 unspecified atom stereocenters. The first-order valence-electron chi connectivity index (χ1n) is 4.03. The van der Waals surface area contributed by atoms with Gasteiger partial charge in [0.2, 0.25) is 0 Å². The van der Waals surface area contributed by atoms with E-state index in [-0.39, 0.29) is 0 Å². The van der Waals surface area contributed by atoms with Crippen LogP contribution < -0.4 is 5.32 Å². The molecule has 0 aliphatic carbocycles. The zero-order valence-electron chi connectivity index (χ0n) is 7.66. The van der Waals surface area contributed by atoms with Crippen LogP contribution in [0.25, 0.3) is 0 Å². The van der Waals surface area contributed by atoms with Gasteiger partial charge in [0.15, 0.2) is 5.16 Å². The average molecular weight is 195 g/mol. The predicted molar refractivity (Wildman–Crippen MR) is 55.7 cm³/mol. The monoisotopic (exact) mass is 195 g/mol. The Kier molecular flexibility index (Phi) is 4.49. The molecule has 0 fully saturated rings. The van der Waals surface area contributed by atoms with E-state index >= 15 is 0 Å². The van der Waals surface area contributed by atoms with Crippen molar-refractivity contribution in [1.82, 2.24) is 15.3 Å². The smallest absolute Gasteiger partial charge is 0.187 e. The molecule has 1 aromatic heterocycles. The Bertz CT molecular complexity index is 258. The molecule has 0 radical (unpaired) electrons. The second-order valence-electron chi connectivity index (χ2n) is 2.50. The SMILES string of the molecule is C=CCNCc1cnc(SC)nc1. The van der Waals surface area contributed by atoms with Crippen molar-refractivity contribution in [1.29, 1.82) is 0 Å². The molecule has 4 heteroatoms. The van der Waals surface area contributed by atoms with Crippen LogP contribution >= 0.6 is 11.8 Å². The molecule has 0 aromatic carbocycles. The van der Waals surface area contributed by atoms with Crippen LogP contribution in [0.1, 0.15) is 5.56 Å². The quantitative estimate of drug-likeness (QED) is 0.334. The molecule has 0 amide bonds. The summed E-state index contributed by atoms with van der Waals surface area (Å²) in [6.07, 6.45) is 7.48. The third-order valence-corrected chi connectivity index (χ3v) is 2.06. The lowest BCUT2D eigenvalue weighted by molar-refractivity contribution is 0.746. The molecule has 0 saturated carbocycles. The molecule has 1 heterocycles. The van der Waals surface area contributed by atoms with Gasteiger partial charge >= 0.3 is 0 Å². The highest BCUT2D eigenvalue weighted by molar-refractivity contribution is 7.98. The molecule has 0 aliphatic rings. The summed E-state index contributed by atoms with van der Waals surface area (Å²) >= 11 is 1.55. The summed E-state index contributed by atoms with van der Waals surface area (Å²) in [5.41, 5.74) is 1.10. The van der Waals surface area contributed by atoms with Gasteiger partial charge in [-0.1, -0.05) is 17.8 Å². The van der Waals surface area contributed by atoms with Crippen molar-refractivity contribution in [3.63, 3.8) is 0 Å². The van der Waals surface area contributed by atoms with Gasteiger partial charge in [-0.05, 0) is 6.26 Å². The lowest BCUT2D eigenvalue weighted by atomic mass is 10.3. The minimum absolute atomic E-state index is 0.792. The zero-order valence-corrected chi connectivity index (χ0v) is 8.47. The van der Waals surface area contributed by atoms with Crippen molar-refractivity contribution in [3.05, 3.63) is 30.6 Å². The van der Waals surface area contributed by atoms with E-state index in [2.05, 4.69) is 21.9 Å². The summed E-state index contributed by atoms with van der Waals surface area (Å²) in [4.78, 5) is 8.32. The summed E-state index contributed by atoms with van der Waals surface area (Å²) in [5, 5.41) is 4.00. The van der Waals surface area contributed by atoms with E-state index in [0.717, 1.165) is 23.8 Å². The maximum Gasteiger partial charge on any atom is 0.187 e. The molecule has 0 atom stereocenters. The van der Waals surface area contributed by atoms with Gasteiger partial charge < -0.3 is 5.32 Å². The van der Waals surface area contributed by atoms with Crippen molar-refractivity contribution < 1.29 is 0 Å². The number of nitrogens with one attached hydrogen (secondary N) is 1. The Balaban J connectivity index is 2.44. The number of hydrogen-bond donors (Lipinski definition) is 1. The first kappa shape index (κ1) is 10.2. The third-order valence-electron chi connectivity index (χ3n) is 1.48. The zero-order chi connectivity index (χ0) is 9.52.